The van der Waals surface area contributed by atoms with E-state index in [-0.39, 0.29) is 0 Å². The molecule has 1 aromatic carbocycles. The van der Waals surface area contributed by atoms with Gasteiger partial charge in [-0.25, -0.2) is 0 Å². The molecule has 0 saturated carbocycles. The van der Waals surface area contributed by atoms with Crippen molar-refractivity contribution < 1.29 is 0 Å². The number of hydrogen-bond donors (Lipinski definition) is 1. The molecule has 0 fully saturated rings. The van der Waals surface area contributed by atoms with Crippen molar-refractivity contribution in [1.82, 2.24) is 0 Å². The Balaban J connectivity index is 2.15. The Morgan fingerprint density at radius 1 is 1.21 bits per heavy atom. The summed E-state index contributed by atoms with van der Waals surface area (Å²) in [5, 5.41) is 3.41. The van der Waals surface area contributed by atoms with Crippen LogP contribution in [0.5, 0.6) is 0 Å². The number of hydrogen-bond acceptors (Lipinski definition) is 1. The Morgan fingerprint density at radius 2 is 2.14 bits per heavy atom. The molecule has 1 nitrogen and oxygen atoms in total. The summed E-state index contributed by atoms with van der Waals surface area (Å²) in [6, 6.07) is 8.25. The van der Waals surface area contributed by atoms with Gasteiger partial charge in [0.25, 0.3) is 0 Å². The zero-order valence-electron chi connectivity index (χ0n) is 7.75. The molecule has 0 bridgehead atoms. The molecule has 1 aliphatic heterocycles. The van der Waals surface area contributed by atoms with Gasteiger partial charge in [0.15, 0.2) is 0 Å². The van der Waals surface area contributed by atoms with E-state index in [1.807, 2.05) is 12.1 Å². The molecule has 0 unspecified atom stereocenters. The Labute approximate surface area is 83.5 Å². The van der Waals surface area contributed by atoms with E-state index in [1.54, 1.807) is 0 Å². The summed E-state index contributed by atoms with van der Waals surface area (Å²) in [6.45, 7) is 0. The van der Waals surface area contributed by atoms with E-state index in [0.717, 1.165) is 17.7 Å². The number of anilines is 1. The zero-order valence-corrected chi connectivity index (χ0v) is 7.75. The van der Waals surface area contributed by atoms with Crippen molar-refractivity contribution in [3.05, 3.63) is 65.4 Å². The van der Waals surface area contributed by atoms with Crippen molar-refractivity contribution >= 4 is 5.69 Å². The third kappa shape index (κ3) is 1.10. The summed E-state index contributed by atoms with van der Waals surface area (Å²) in [7, 11) is 0. The molecule has 14 heavy (non-hydrogen) atoms. The van der Waals surface area contributed by atoms with Crippen LogP contribution in [0.2, 0.25) is 0 Å². The summed E-state index contributed by atoms with van der Waals surface area (Å²) in [6.07, 6.45) is 10.8. The second-order valence-corrected chi connectivity index (χ2v) is 3.49. The Hall–Kier alpha value is -1.76. The van der Waals surface area contributed by atoms with Crippen molar-refractivity contribution in [1.29, 1.82) is 0 Å². The van der Waals surface area contributed by atoms with Gasteiger partial charge in [0.05, 0.1) is 0 Å². The number of nitrogens with one attached hydrogen (secondary N) is 1. The molecule has 0 amide bonds. The van der Waals surface area contributed by atoms with E-state index in [1.165, 1.54) is 11.3 Å². The van der Waals surface area contributed by atoms with Gasteiger partial charge < -0.3 is 5.32 Å². The number of benzene rings is 1. The summed E-state index contributed by atoms with van der Waals surface area (Å²) in [5.74, 6) is 0. The van der Waals surface area contributed by atoms with Crippen molar-refractivity contribution in [2.75, 3.05) is 5.32 Å². The van der Waals surface area contributed by atoms with E-state index in [4.69, 9.17) is 0 Å². The maximum absolute atomic E-state index is 3.43. The van der Waals surface area contributed by atoms with Gasteiger partial charge in [-0.1, -0.05) is 30.4 Å². The van der Waals surface area contributed by atoms with E-state index < -0.39 is 0 Å². The van der Waals surface area contributed by atoms with Crippen LogP contribution in [0.3, 0.4) is 0 Å². The third-order valence-electron chi connectivity index (χ3n) is 2.53. The minimum Gasteiger partial charge on any atom is -0.355 e. The van der Waals surface area contributed by atoms with Crippen molar-refractivity contribution in [3.8, 4) is 0 Å². The highest BCUT2D eigenvalue weighted by Crippen LogP contribution is 2.30. The average Bonchev–Trinajstić information content (AvgIpc) is 2.26. The van der Waals surface area contributed by atoms with Crippen LogP contribution in [0.4, 0.5) is 5.69 Å². The largest absolute Gasteiger partial charge is 0.355 e. The summed E-state index contributed by atoms with van der Waals surface area (Å²) < 4.78 is 0. The van der Waals surface area contributed by atoms with Gasteiger partial charge >= 0.3 is 0 Å². The normalized spacial score (nSPS) is 17.4. The van der Waals surface area contributed by atoms with Crippen molar-refractivity contribution in [3.63, 3.8) is 0 Å². The van der Waals surface area contributed by atoms with Crippen LogP contribution in [0.25, 0.3) is 0 Å². The first kappa shape index (κ1) is 7.63. The fourth-order valence-electron chi connectivity index (χ4n) is 1.80. The third-order valence-corrected chi connectivity index (χ3v) is 2.53. The van der Waals surface area contributed by atoms with Crippen molar-refractivity contribution in [2.24, 2.45) is 0 Å². The Kier molecular flexibility index (Phi) is 1.57. The van der Waals surface area contributed by atoms with Crippen LogP contribution in [0.15, 0.2) is 53.8 Å². The zero-order chi connectivity index (χ0) is 9.38. The first-order valence-corrected chi connectivity index (χ1v) is 4.79. The monoisotopic (exact) mass is 180 g/mol. The van der Waals surface area contributed by atoms with Crippen LogP contribution < -0.4 is 5.32 Å². The second-order valence-electron chi connectivity index (χ2n) is 3.49. The maximum Gasteiger partial charge on any atom is 0.0464 e. The summed E-state index contributed by atoms with van der Waals surface area (Å²) in [5.41, 5.74) is 4.75. The predicted molar refractivity (Wildman–Crippen MR) is 57.8 cm³/mol. The molecular formula is C13H10N. The van der Waals surface area contributed by atoms with E-state index in [9.17, 15) is 0 Å². The van der Waals surface area contributed by atoms with Crippen LogP contribution in [-0.4, -0.2) is 0 Å². The molecule has 0 aromatic heterocycles. The van der Waals surface area contributed by atoms with Crippen LogP contribution >= 0.6 is 0 Å². The average molecular weight is 180 g/mol. The lowest BCUT2D eigenvalue weighted by molar-refractivity contribution is 1.14. The molecule has 1 radical (unpaired) electrons. The smallest absolute Gasteiger partial charge is 0.0464 e. The SMILES string of the molecule is [C]1=C2CC=CC=C2Nc2ccccc21. The fraction of sp³-hybridized carbons (Fsp3) is 0.0769. The number of rotatable bonds is 0. The van der Waals surface area contributed by atoms with E-state index >= 15 is 0 Å². The van der Waals surface area contributed by atoms with Crippen LogP contribution in [0, 0.1) is 6.08 Å². The summed E-state index contributed by atoms with van der Waals surface area (Å²) in [4.78, 5) is 0. The molecule has 1 heterocycles. The maximum atomic E-state index is 3.43. The Morgan fingerprint density at radius 3 is 3.14 bits per heavy atom. The molecule has 1 N–H and O–H groups in total. The molecule has 1 aliphatic carbocycles. The second kappa shape index (κ2) is 2.88. The topological polar surface area (TPSA) is 12.0 Å². The van der Waals surface area contributed by atoms with E-state index in [0.29, 0.717) is 0 Å². The molecule has 1 heteroatoms. The minimum absolute atomic E-state index is 0.979. The molecule has 3 rings (SSSR count). The quantitative estimate of drug-likeness (QED) is 0.647. The van der Waals surface area contributed by atoms with Gasteiger partial charge in [-0.05, 0) is 30.2 Å². The minimum atomic E-state index is 0.979. The summed E-state index contributed by atoms with van der Waals surface area (Å²) >= 11 is 0. The fourth-order valence-corrected chi connectivity index (χ4v) is 1.80. The molecule has 0 saturated heterocycles. The first-order valence-electron chi connectivity index (χ1n) is 4.79. The highest BCUT2D eigenvalue weighted by molar-refractivity contribution is 5.66. The predicted octanol–water partition coefficient (Wildman–Crippen LogP) is 3.03. The van der Waals surface area contributed by atoms with E-state index in [2.05, 4.69) is 41.8 Å². The molecule has 1 aromatic rings. The number of fused-ring (bicyclic) bond motifs is 2. The van der Waals surface area contributed by atoms with Crippen molar-refractivity contribution in [2.45, 2.75) is 6.42 Å². The molecule has 67 valence electrons. The van der Waals surface area contributed by atoms with Gasteiger partial charge in [0.1, 0.15) is 0 Å². The highest BCUT2D eigenvalue weighted by atomic mass is 14.9. The van der Waals surface area contributed by atoms with Gasteiger partial charge in [-0.3, -0.25) is 0 Å². The Bertz CT molecular complexity index is 464. The standard InChI is InChI=1S/C13H10N/c1-3-7-12-10(5-1)9-11-6-2-4-8-13(11)14-12/h1-5,7-8,14H,6H2. The van der Waals surface area contributed by atoms with Crippen LogP contribution in [0.1, 0.15) is 12.0 Å². The number of allylic oxidation sites excluding steroid dienone is 4. The lowest BCUT2D eigenvalue weighted by Gasteiger charge is -2.22. The van der Waals surface area contributed by atoms with Gasteiger partial charge in [-0.15, -0.1) is 0 Å². The van der Waals surface area contributed by atoms with Gasteiger partial charge in [0, 0.05) is 16.9 Å². The molecule has 2 aliphatic rings. The first-order chi connectivity index (χ1) is 6.93. The molecule has 0 spiro atoms. The lowest BCUT2D eigenvalue weighted by atomic mass is 9.96. The molecule has 0 atom stereocenters. The highest BCUT2D eigenvalue weighted by Gasteiger charge is 2.14. The molecular weight excluding hydrogens is 170 g/mol. The number of para-hydroxylation sites is 1. The van der Waals surface area contributed by atoms with Gasteiger partial charge in [0.2, 0.25) is 0 Å². The van der Waals surface area contributed by atoms with Crippen LogP contribution in [-0.2, 0) is 0 Å². The van der Waals surface area contributed by atoms with Gasteiger partial charge in [-0.2, -0.15) is 0 Å². The lowest BCUT2D eigenvalue weighted by Crippen LogP contribution is -2.10.